The van der Waals surface area contributed by atoms with Crippen molar-refractivity contribution in [1.29, 1.82) is 0 Å². The van der Waals surface area contributed by atoms with Gasteiger partial charge in [-0.1, -0.05) is 11.6 Å². The van der Waals surface area contributed by atoms with Gasteiger partial charge in [0.25, 0.3) is 0 Å². The second-order valence-electron chi connectivity index (χ2n) is 3.67. The Kier molecular flexibility index (Phi) is 4.07. The van der Waals surface area contributed by atoms with Gasteiger partial charge in [0.15, 0.2) is 0 Å². The Hall–Kier alpha value is -1.35. The lowest BCUT2D eigenvalue weighted by molar-refractivity contribution is -0.104. The highest BCUT2D eigenvalue weighted by Gasteiger charge is 2.12. The van der Waals surface area contributed by atoms with Gasteiger partial charge in [-0.15, -0.1) is 0 Å². The Morgan fingerprint density at radius 1 is 1.44 bits per heavy atom. The molecule has 0 atom stereocenters. The largest absolute Gasteiger partial charge is 0.377 e. The Morgan fingerprint density at radius 3 is 2.56 bits per heavy atom. The quantitative estimate of drug-likeness (QED) is 0.599. The van der Waals surface area contributed by atoms with Crippen LogP contribution < -0.4 is 0 Å². The van der Waals surface area contributed by atoms with Crippen molar-refractivity contribution in [2.75, 3.05) is 14.1 Å². The number of aldehydes is 1. The minimum absolute atomic E-state index is 0.377. The molecule has 0 N–H and O–H groups in total. The van der Waals surface area contributed by atoms with Crippen LogP contribution in [0.3, 0.4) is 0 Å². The van der Waals surface area contributed by atoms with E-state index in [4.69, 9.17) is 11.6 Å². The molecular formula is C12H13ClFNO. The van der Waals surface area contributed by atoms with Crippen molar-refractivity contribution in [2.45, 2.75) is 6.92 Å². The smallest absolute Gasteiger partial charge is 0.147 e. The lowest BCUT2D eigenvalue weighted by Gasteiger charge is -2.20. The summed E-state index contributed by atoms with van der Waals surface area (Å²) >= 11 is 5.99. The van der Waals surface area contributed by atoms with Gasteiger partial charge in [0, 0.05) is 25.2 Å². The average Bonchev–Trinajstić information content (AvgIpc) is 2.22. The van der Waals surface area contributed by atoms with Crippen molar-refractivity contribution < 1.29 is 9.18 Å². The van der Waals surface area contributed by atoms with Crippen LogP contribution in [0.4, 0.5) is 4.39 Å². The number of carbonyl (C=O) groups is 1. The molecule has 0 aliphatic heterocycles. The first-order valence-electron chi connectivity index (χ1n) is 4.76. The second-order valence-corrected chi connectivity index (χ2v) is 4.08. The molecule has 0 saturated heterocycles. The summed E-state index contributed by atoms with van der Waals surface area (Å²) in [7, 11) is 3.56. The van der Waals surface area contributed by atoms with Gasteiger partial charge in [-0.05, 0) is 25.1 Å². The predicted octanol–water partition coefficient (Wildman–Crippen LogP) is 2.97. The summed E-state index contributed by atoms with van der Waals surface area (Å²) in [6.07, 6.45) is 0.733. The van der Waals surface area contributed by atoms with Crippen LogP contribution in [-0.4, -0.2) is 25.3 Å². The Balaban J connectivity index is 3.44. The van der Waals surface area contributed by atoms with Gasteiger partial charge in [-0.2, -0.15) is 0 Å². The van der Waals surface area contributed by atoms with Crippen LogP contribution in [0.15, 0.2) is 23.8 Å². The molecule has 0 unspecified atom stereocenters. The van der Waals surface area contributed by atoms with Crippen molar-refractivity contribution in [2.24, 2.45) is 0 Å². The molecular weight excluding hydrogens is 229 g/mol. The third-order valence-electron chi connectivity index (χ3n) is 2.18. The molecule has 0 aliphatic rings. The van der Waals surface area contributed by atoms with Crippen LogP contribution in [0.1, 0.15) is 12.5 Å². The number of nitrogens with zero attached hydrogens (tertiary/aromatic N) is 1. The van der Waals surface area contributed by atoms with E-state index in [9.17, 15) is 9.18 Å². The van der Waals surface area contributed by atoms with E-state index in [1.165, 1.54) is 18.2 Å². The highest BCUT2D eigenvalue weighted by atomic mass is 35.5. The molecule has 4 heteroatoms. The van der Waals surface area contributed by atoms with Crippen LogP contribution in [0.25, 0.3) is 5.70 Å². The summed E-state index contributed by atoms with van der Waals surface area (Å²) in [5.41, 5.74) is 1.66. The first-order chi connectivity index (χ1) is 7.47. The number of hydrogen-bond acceptors (Lipinski definition) is 2. The molecule has 16 heavy (non-hydrogen) atoms. The fourth-order valence-electron chi connectivity index (χ4n) is 1.54. The van der Waals surface area contributed by atoms with Crippen molar-refractivity contribution in [3.05, 3.63) is 40.2 Å². The molecule has 1 rings (SSSR count). The number of rotatable bonds is 3. The lowest BCUT2D eigenvalue weighted by Crippen LogP contribution is -2.13. The van der Waals surface area contributed by atoms with Crippen molar-refractivity contribution in [3.63, 3.8) is 0 Å². The molecule has 0 fully saturated rings. The molecule has 1 aromatic carbocycles. The number of allylic oxidation sites excluding steroid dienone is 1. The molecule has 0 amide bonds. The summed E-state index contributed by atoms with van der Waals surface area (Å²) in [5.74, 6) is -0.377. The maximum absolute atomic E-state index is 13.2. The minimum atomic E-state index is -0.377. The average molecular weight is 242 g/mol. The first kappa shape index (κ1) is 12.7. The monoisotopic (exact) mass is 241 g/mol. The van der Waals surface area contributed by atoms with E-state index < -0.39 is 0 Å². The van der Waals surface area contributed by atoms with Crippen LogP contribution >= 0.6 is 11.6 Å². The zero-order chi connectivity index (χ0) is 12.3. The van der Waals surface area contributed by atoms with Crippen LogP contribution in [-0.2, 0) is 4.79 Å². The van der Waals surface area contributed by atoms with Gasteiger partial charge in [0.1, 0.15) is 12.1 Å². The van der Waals surface area contributed by atoms with E-state index in [0.29, 0.717) is 21.9 Å². The second kappa shape index (κ2) is 5.12. The standard InChI is InChI=1S/C12H13ClFNO/c1-8(7-16)12(15(2)3)10-6-9(14)4-5-11(10)13/h4-7H,1-3H3/b12-8+. The number of hydrogen-bond donors (Lipinski definition) is 0. The third kappa shape index (κ3) is 2.61. The zero-order valence-electron chi connectivity index (χ0n) is 9.42. The summed E-state index contributed by atoms with van der Waals surface area (Å²) in [5, 5.41) is 0.423. The lowest BCUT2D eigenvalue weighted by atomic mass is 10.1. The van der Waals surface area contributed by atoms with Crippen LogP contribution in [0.5, 0.6) is 0 Å². The van der Waals surface area contributed by atoms with Gasteiger partial charge in [0.05, 0.1) is 10.7 Å². The van der Waals surface area contributed by atoms with Gasteiger partial charge < -0.3 is 4.90 Å². The molecule has 0 saturated carbocycles. The maximum Gasteiger partial charge on any atom is 0.147 e. The third-order valence-corrected chi connectivity index (χ3v) is 2.51. The molecule has 86 valence electrons. The van der Waals surface area contributed by atoms with Gasteiger partial charge in [-0.25, -0.2) is 4.39 Å². The Morgan fingerprint density at radius 2 is 2.06 bits per heavy atom. The SMILES string of the molecule is C/C(C=O)=C(/c1cc(F)ccc1Cl)N(C)C. The van der Waals surface area contributed by atoms with Gasteiger partial charge >= 0.3 is 0 Å². The molecule has 1 aromatic rings. The van der Waals surface area contributed by atoms with Gasteiger partial charge in [-0.3, -0.25) is 4.79 Å². The number of carbonyl (C=O) groups excluding carboxylic acids is 1. The van der Waals surface area contributed by atoms with E-state index >= 15 is 0 Å². The van der Waals surface area contributed by atoms with Crippen LogP contribution in [0.2, 0.25) is 5.02 Å². The summed E-state index contributed by atoms with van der Waals surface area (Å²) in [4.78, 5) is 12.5. The van der Waals surface area contributed by atoms with Gasteiger partial charge in [0.2, 0.25) is 0 Å². The molecule has 0 radical (unpaired) electrons. The predicted molar refractivity (Wildman–Crippen MR) is 63.8 cm³/mol. The van der Waals surface area contributed by atoms with Crippen molar-refractivity contribution in [1.82, 2.24) is 4.90 Å². The first-order valence-corrected chi connectivity index (χ1v) is 5.14. The molecule has 0 bridgehead atoms. The molecule has 0 spiro atoms. The van der Waals surface area contributed by atoms with Crippen molar-refractivity contribution in [3.8, 4) is 0 Å². The number of halogens is 2. The van der Waals surface area contributed by atoms with E-state index in [0.717, 1.165) is 6.29 Å². The topological polar surface area (TPSA) is 20.3 Å². The fraction of sp³-hybridized carbons (Fsp3) is 0.250. The summed E-state index contributed by atoms with van der Waals surface area (Å²) in [6.45, 7) is 1.67. The summed E-state index contributed by atoms with van der Waals surface area (Å²) in [6, 6.07) is 4.09. The molecule has 0 aliphatic carbocycles. The van der Waals surface area contributed by atoms with Crippen molar-refractivity contribution >= 4 is 23.6 Å². The summed E-state index contributed by atoms with van der Waals surface area (Å²) < 4.78 is 13.2. The normalized spacial score (nSPS) is 12.1. The van der Waals surface area contributed by atoms with E-state index in [1.54, 1.807) is 25.9 Å². The Bertz CT molecular complexity index is 441. The fourth-order valence-corrected chi connectivity index (χ4v) is 1.75. The number of benzene rings is 1. The van der Waals surface area contributed by atoms with E-state index in [2.05, 4.69) is 0 Å². The zero-order valence-corrected chi connectivity index (χ0v) is 10.2. The highest BCUT2D eigenvalue weighted by Crippen LogP contribution is 2.28. The Labute approximate surface area is 99.3 Å². The van der Waals surface area contributed by atoms with Crippen LogP contribution in [0, 0.1) is 5.82 Å². The minimum Gasteiger partial charge on any atom is -0.377 e. The molecule has 2 nitrogen and oxygen atoms in total. The highest BCUT2D eigenvalue weighted by molar-refractivity contribution is 6.32. The van der Waals surface area contributed by atoms with E-state index in [1.807, 2.05) is 0 Å². The van der Waals surface area contributed by atoms with E-state index in [-0.39, 0.29) is 5.82 Å². The maximum atomic E-state index is 13.2. The molecule has 0 aromatic heterocycles. The molecule has 0 heterocycles.